The molecule has 1 amide bonds. The molecular weight excluding hydrogens is 398 g/mol. The van der Waals surface area contributed by atoms with Crippen LogP contribution in [0.2, 0.25) is 0 Å². The number of pyridine rings is 2. The summed E-state index contributed by atoms with van der Waals surface area (Å²) in [5.74, 6) is 0.703. The van der Waals surface area contributed by atoms with Crippen LogP contribution in [-0.2, 0) is 7.05 Å². The van der Waals surface area contributed by atoms with Crippen LogP contribution in [0.5, 0.6) is 5.75 Å². The van der Waals surface area contributed by atoms with Crippen LogP contribution in [0, 0.1) is 6.92 Å². The molecule has 0 fully saturated rings. The van der Waals surface area contributed by atoms with Gasteiger partial charge >= 0.3 is 0 Å². The van der Waals surface area contributed by atoms with E-state index in [2.05, 4.69) is 20.3 Å². The fourth-order valence-corrected chi connectivity index (χ4v) is 3.46. The topological polar surface area (TPSA) is 81.9 Å². The van der Waals surface area contributed by atoms with E-state index in [1.165, 1.54) is 7.11 Å². The maximum Gasteiger partial charge on any atom is 0.255 e. The summed E-state index contributed by atoms with van der Waals surface area (Å²) < 4.78 is 7.10. The van der Waals surface area contributed by atoms with Crippen molar-refractivity contribution >= 4 is 75.9 Å². The molecule has 0 saturated carbocycles. The molecule has 0 bridgehead atoms. The fourth-order valence-electron chi connectivity index (χ4n) is 3.46. The monoisotopic (exact) mass is 413 g/mol. The van der Waals surface area contributed by atoms with Crippen molar-refractivity contribution in [2.45, 2.75) is 6.92 Å². The van der Waals surface area contributed by atoms with Gasteiger partial charge < -0.3 is 14.6 Å². The van der Waals surface area contributed by atoms with Gasteiger partial charge in [-0.1, -0.05) is 21.9 Å². The van der Waals surface area contributed by atoms with Gasteiger partial charge in [-0.2, -0.15) is 0 Å². The first-order chi connectivity index (χ1) is 15.2. The molecule has 0 unspecified atom stereocenters. The minimum Gasteiger partial charge on any atom is -0.498 e. The number of hydrogen-bond donors (Lipinski definition) is 1. The maximum atomic E-state index is 12.9. The van der Waals surface area contributed by atoms with Gasteiger partial charge in [0.15, 0.2) is 0 Å². The molecule has 148 valence electrons. The molecule has 4 rings (SSSR count). The van der Waals surface area contributed by atoms with Crippen LogP contribution < -0.4 is 31.9 Å². The zero-order valence-corrected chi connectivity index (χ0v) is 17.8. The highest BCUT2D eigenvalue weighted by Crippen LogP contribution is 2.24. The van der Waals surface area contributed by atoms with E-state index in [0.29, 0.717) is 5.52 Å². The number of amides is 1. The predicted octanol–water partition coefficient (Wildman–Crippen LogP) is -1.23. The Balaban J connectivity index is 1.71. The highest BCUT2D eigenvalue weighted by molar-refractivity contribution is 6.61. The first-order valence-electron chi connectivity index (χ1n) is 9.58. The number of nitrogens with one attached hydrogen (secondary N) is 1. The molecule has 1 N–H and O–H groups in total. The summed E-state index contributed by atoms with van der Waals surface area (Å²) in [5.41, 5.74) is 2.46. The van der Waals surface area contributed by atoms with Crippen LogP contribution in [0.25, 0.3) is 22.2 Å². The van der Waals surface area contributed by atoms with E-state index in [1.807, 2.05) is 24.6 Å². The number of fused-ring (bicyclic) bond motifs is 1. The first kappa shape index (κ1) is 21.7. The summed E-state index contributed by atoms with van der Waals surface area (Å²) in [4.78, 5) is 26.0. The van der Waals surface area contributed by atoms with Crippen LogP contribution in [0.3, 0.4) is 0 Å². The van der Waals surface area contributed by atoms with Crippen molar-refractivity contribution in [1.82, 2.24) is 19.5 Å². The third kappa shape index (κ3) is 3.57. The standard InChI is InChI=1S/C21H15B4N5O2/c1-9-26-8-13(30(9)2)11-4-10-5-14(28-7-12(10)27-6-11)29-21(31)15-16(22)18(24)20(32-3)19(25)17(15)23/h4-8H,1-3H3,(H,28,29,31). The Hall–Kier alpha value is -3.48. The van der Waals surface area contributed by atoms with Gasteiger partial charge in [0, 0.05) is 29.8 Å². The zero-order valence-electron chi connectivity index (χ0n) is 17.8. The van der Waals surface area contributed by atoms with Gasteiger partial charge in [-0.25, -0.2) is 9.97 Å². The second-order valence-corrected chi connectivity index (χ2v) is 7.25. The minimum atomic E-state index is -0.598. The molecule has 0 aliphatic carbocycles. The normalized spacial score (nSPS) is 11.0. The molecule has 32 heavy (non-hydrogen) atoms. The van der Waals surface area contributed by atoms with Crippen LogP contribution in [0.1, 0.15) is 16.2 Å². The summed E-state index contributed by atoms with van der Waals surface area (Å²) in [6.07, 6.45) is 5.10. The van der Waals surface area contributed by atoms with Crippen LogP contribution in [-0.4, -0.2) is 63.9 Å². The number of nitrogens with zero attached hydrogens (tertiary/aromatic N) is 4. The summed E-state index contributed by atoms with van der Waals surface area (Å²) >= 11 is 0. The smallest absolute Gasteiger partial charge is 0.255 e. The molecule has 3 aromatic heterocycles. The number of ether oxygens (including phenoxy) is 1. The molecule has 0 spiro atoms. The third-order valence-corrected chi connectivity index (χ3v) is 5.36. The molecule has 3 heterocycles. The molecule has 0 aliphatic heterocycles. The van der Waals surface area contributed by atoms with E-state index in [-0.39, 0.29) is 39.0 Å². The number of imidazole rings is 1. The molecule has 11 heteroatoms. The number of aromatic nitrogens is 4. The summed E-state index contributed by atoms with van der Waals surface area (Å²) in [7, 11) is 27.3. The lowest BCUT2D eigenvalue weighted by Crippen LogP contribution is -2.47. The average molecular weight is 413 g/mol. The number of benzene rings is 1. The van der Waals surface area contributed by atoms with Crippen LogP contribution >= 0.6 is 0 Å². The minimum absolute atomic E-state index is 0.0256. The van der Waals surface area contributed by atoms with Crippen molar-refractivity contribution in [2.75, 3.05) is 12.4 Å². The Bertz CT molecular complexity index is 1360. The second kappa shape index (κ2) is 8.22. The first-order valence-corrected chi connectivity index (χ1v) is 9.58. The summed E-state index contributed by atoms with van der Waals surface area (Å²) in [6.45, 7) is 1.92. The zero-order chi connectivity index (χ0) is 23.2. The number of methoxy groups -OCH3 is 1. The second-order valence-electron chi connectivity index (χ2n) is 7.25. The van der Waals surface area contributed by atoms with Crippen molar-refractivity contribution in [2.24, 2.45) is 7.05 Å². The summed E-state index contributed by atoms with van der Waals surface area (Å²) in [6, 6.07) is 3.65. The van der Waals surface area contributed by atoms with Crippen molar-refractivity contribution in [3.05, 3.63) is 42.1 Å². The Kier molecular flexibility index (Phi) is 5.59. The number of carbonyl (C=O) groups excluding carboxylic acids is 1. The number of anilines is 1. The van der Waals surface area contributed by atoms with Gasteiger partial charge in [0.1, 0.15) is 48.8 Å². The molecule has 4 aromatic rings. The number of hydrogen-bond acceptors (Lipinski definition) is 5. The molecule has 0 saturated heterocycles. The molecular formula is C21H15B4N5O2. The lowest BCUT2D eigenvalue weighted by Gasteiger charge is -2.20. The Morgan fingerprint density at radius 2 is 1.66 bits per heavy atom. The van der Waals surface area contributed by atoms with Crippen LogP contribution in [0.4, 0.5) is 5.82 Å². The van der Waals surface area contributed by atoms with Gasteiger partial charge in [-0.05, 0) is 19.1 Å². The molecule has 0 aliphatic rings. The van der Waals surface area contributed by atoms with Crippen molar-refractivity contribution in [3.63, 3.8) is 0 Å². The van der Waals surface area contributed by atoms with Crippen molar-refractivity contribution in [3.8, 4) is 17.0 Å². The average Bonchev–Trinajstić information content (AvgIpc) is 3.11. The molecule has 7 nitrogen and oxygen atoms in total. The van der Waals surface area contributed by atoms with Crippen LogP contribution in [0.15, 0.2) is 30.7 Å². The fraction of sp³-hybridized carbons (Fsp3) is 0.143. The number of aryl methyl sites for hydroxylation is 1. The van der Waals surface area contributed by atoms with Gasteiger partial charge in [0.2, 0.25) is 0 Å². The lowest BCUT2D eigenvalue weighted by atomic mass is 9.66. The highest BCUT2D eigenvalue weighted by Gasteiger charge is 2.19. The SMILES string of the molecule is [B]c1c([B])c(C(=O)Nc2cc3cc(-c4cnc(C)n4C)cnc3cn2)c([B])c([B])c1OC. The number of rotatable bonds is 4. The van der Waals surface area contributed by atoms with E-state index in [1.54, 1.807) is 24.7 Å². The maximum absolute atomic E-state index is 12.9. The lowest BCUT2D eigenvalue weighted by molar-refractivity contribution is 0.102. The largest absolute Gasteiger partial charge is 0.498 e. The highest BCUT2D eigenvalue weighted by atomic mass is 16.5. The third-order valence-electron chi connectivity index (χ3n) is 5.36. The van der Waals surface area contributed by atoms with Gasteiger partial charge in [-0.15, -0.1) is 0 Å². The van der Waals surface area contributed by atoms with E-state index in [9.17, 15) is 4.79 Å². The summed E-state index contributed by atoms with van der Waals surface area (Å²) in [5, 5.41) is 3.47. The quantitative estimate of drug-likeness (QED) is 0.425. The Morgan fingerprint density at radius 3 is 2.25 bits per heavy atom. The Morgan fingerprint density at radius 1 is 0.969 bits per heavy atom. The van der Waals surface area contributed by atoms with Crippen molar-refractivity contribution in [1.29, 1.82) is 0 Å². The molecule has 1 aromatic carbocycles. The van der Waals surface area contributed by atoms with E-state index < -0.39 is 5.91 Å². The number of carbonyl (C=O) groups is 1. The van der Waals surface area contributed by atoms with E-state index in [0.717, 1.165) is 22.5 Å². The molecule has 0 atom stereocenters. The predicted molar refractivity (Wildman–Crippen MR) is 129 cm³/mol. The molecule has 8 radical (unpaired) electrons. The van der Waals surface area contributed by atoms with E-state index in [4.69, 9.17) is 36.1 Å². The Labute approximate surface area is 190 Å². The van der Waals surface area contributed by atoms with Crippen molar-refractivity contribution < 1.29 is 9.53 Å². The van der Waals surface area contributed by atoms with Gasteiger partial charge in [0.25, 0.3) is 5.91 Å². The van der Waals surface area contributed by atoms with E-state index >= 15 is 0 Å². The van der Waals surface area contributed by atoms with Gasteiger partial charge in [0.05, 0.1) is 30.7 Å². The van der Waals surface area contributed by atoms with Gasteiger partial charge in [-0.3, -0.25) is 9.78 Å².